The van der Waals surface area contributed by atoms with Gasteiger partial charge in [-0.25, -0.2) is 0 Å². The zero-order valence-electron chi connectivity index (χ0n) is 16.7. The van der Waals surface area contributed by atoms with E-state index in [2.05, 4.69) is 9.97 Å². The highest BCUT2D eigenvalue weighted by Crippen LogP contribution is 2.37. The fourth-order valence-electron chi connectivity index (χ4n) is 3.97. The smallest absolute Gasteiger partial charge is 0.320 e. The van der Waals surface area contributed by atoms with Gasteiger partial charge >= 0.3 is 11.9 Å². The zero-order chi connectivity index (χ0) is 23.2. The molecule has 0 saturated heterocycles. The average molecular weight is 436 g/mol. The second-order valence-electron chi connectivity index (χ2n) is 7.64. The first kappa shape index (κ1) is 21.2. The van der Waals surface area contributed by atoms with E-state index in [1.165, 1.54) is 12.3 Å². The van der Waals surface area contributed by atoms with Gasteiger partial charge in [0, 0.05) is 41.1 Å². The van der Waals surface area contributed by atoms with E-state index < -0.39 is 35.6 Å². The van der Waals surface area contributed by atoms with Gasteiger partial charge in [-0.2, -0.15) is 0 Å². The number of H-pyrrole nitrogens is 2. The fourth-order valence-corrected chi connectivity index (χ4v) is 3.97. The maximum atomic E-state index is 12.5. The number of ketones is 2. The second kappa shape index (κ2) is 7.91. The van der Waals surface area contributed by atoms with Gasteiger partial charge < -0.3 is 31.6 Å². The van der Waals surface area contributed by atoms with Gasteiger partial charge in [0.05, 0.1) is 11.4 Å². The molecule has 0 radical (unpaired) electrons. The van der Waals surface area contributed by atoms with E-state index >= 15 is 0 Å². The highest BCUT2D eigenvalue weighted by atomic mass is 16.4. The third-order valence-electron chi connectivity index (χ3n) is 5.54. The lowest BCUT2D eigenvalue weighted by Gasteiger charge is -2.17. The maximum absolute atomic E-state index is 12.5. The highest BCUT2D eigenvalue weighted by molar-refractivity contribution is 6.50. The molecule has 1 aliphatic carbocycles. The minimum absolute atomic E-state index is 0.0299. The van der Waals surface area contributed by atoms with E-state index in [4.69, 9.17) is 11.5 Å². The number of hydrogen-bond acceptors (Lipinski definition) is 6. The molecule has 10 heteroatoms. The van der Waals surface area contributed by atoms with Crippen LogP contribution in [0.3, 0.4) is 0 Å². The molecular formula is C22H20N4O6. The first-order chi connectivity index (χ1) is 15.2. The number of carbonyl (C=O) groups excluding carboxylic acids is 2. The van der Waals surface area contributed by atoms with Gasteiger partial charge in [-0.15, -0.1) is 0 Å². The lowest BCUT2D eigenvalue weighted by Crippen LogP contribution is -2.33. The van der Waals surface area contributed by atoms with Gasteiger partial charge in [0.25, 0.3) is 0 Å². The van der Waals surface area contributed by atoms with Gasteiger partial charge in [0.1, 0.15) is 12.1 Å². The van der Waals surface area contributed by atoms with Gasteiger partial charge in [-0.1, -0.05) is 18.2 Å². The molecule has 2 aromatic heterocycles. The largest absolute Gasteiger partial charge is 0.480 e. The van der Waals surface area contributed by atoms with Gasteiger partial charge in [0.15, 0.2) is 0 Å². The Morgan fingerprint density at radius 3 is 2.31 bits per heavy atom. The Balaban J connectivity index is 1.93. The van der Waals surface area contributed by atoms with Crippen molar-refractivity contribution in [2.45, 2.75) is 24.9 Å². The summed E-state index contributed by atoms with van der Waals surface area (Å²) in [5, 5.41) is 19.3. The molecule has 3 aromatic rings. The standard InChI is InChI=1S/C22H20N4O6/c23-13(21(29)30)5-9-8-25-19-17(9)12(7-16(27)20(19)28)18-11(6-14(24)22(31)32)10-3-1-2-4-15(10)26-18/h1-4,7-8,13-14,25-26H,5-6,23-24H2,(H,29,30)(H,31,32)/t13-,14-/m0/s1. The first-order valence-corrected chi connectivity index (χ1v) is 9.76. The number of carboxylic acids is 2. The molecule has 164 valence electrons. The number of benzene rings is 1. The van der Waals surface area contributed by atoms with Crippen LogP contribution in [0.4, 0.5) is 0 Å². The molecule has 0 amide bonds. The molecule has 0 fully saturated rings. The van der Waals surface area contributed by atoms with Crippen molar-refractivity contribution in [3.05, 3.63) is 64.6 Å². The van der Waals surface area contributed by atoms with Crippen molar-refractivity contribution in [3.8, 4) is 0 Å². The predicted molar refractivity (Wildman–Crippen MR) is 114 cm³/mol. The number of carbonyl (C=O) groups is 4. The monoisotopic (exact) mass is 436 g/mol. The van der Waals surface area contributed by atoms with Crippen LogP contribution < -0.4 is 11.5 Å². The highest BCUT2D eigenvalue weighted by Gasteiger charge is 2.33. The van der Waals surface area contributed by atoms with E-state index in [9.17, 15) is 29.4 Å². The van der Waals surface area contributed by atoms with Crippen LogP contribution in [0.5, 0.6) is 0 Å². The number of para-hydroxylation sites is 1. The minimum Gasteiger partial charge on any atom is -0.480 e. The molecule has 0 bridgehead atoms. The van der Waals surface area contributed by atoms with Crippen molar-refractivity contribution in [1.82, 2.24) is 9.97 Å². The van der Waals surface area contributed by atoms with Crippen LogP contribution in [0, 0.1) is 0 Å². The van der Waals surface area contributed by atoms with Crippen LogP contribution in [-0.2, 0) is 27.2 Å². The topological polar surface area (TPSA) is 192 Å². The minimum atomic E-state index is -1.22. The number of aromatic amines is 2. The van der Waals surface area contributed by atoms with Crippen molar-refractivity contribution in [1.29, 1.82) is 0 Å². The molecule has 4 rings (SSSR count). The maximum Gasteiger partial charge on any atom is 0.320 e. The Morgan fingerprint density at radius 2 is 1.62 bits per heavy atom. The number of carboxylic acid groups (broad SMARTS) is 2. The molecule has 0 spiro atoms. The van der Waals surface area contributed by atoms with E-state index in [0.717, 1.165) is 5.39 Å². The van der Waals surface area contributed by atoms with Crippen LogP contribution >= 0.6 is 0 Å². The van der Waals surface area contributed by atoms with Gasteiger partial charge in [-0.3, -0.25) is 19.2 Å². The Hall–Kier alpha value is -4.02. The number of allylic oxidation sites excluding steroid dienone is 1. The third kappa shape index (κ3) is 3.51. The van der Waals surface area contributed by atoms with Crippen molar-refractivity contribution in [3.63, 3.8) is 0 Å². The van der Waals surface area contributed by atoms with Crippen molar-refractivity contribution < 1.29 is 29.4 Å². The molecular weight excluding hydrogens is 416 g/mol. The summed E-state index contributed by atoms with van der Waals surface area (Å²) in [7, 11) is 0. The fraction of sp³-hybridized carbons (Fsp3) is 0.182. The molecule has 1 aromatic carbocycles. The lowest BCUT2D eigenvalue weighted by molar-refractivity contribution is -0.139. The molecule has 1 aliphatic rings. The van der Waals surface area contributed by atoms with Crippen LogP contribution in [-0.4, -0.2) is 55.8 Å². The summed E-state index contributed by atoms with van der Waals surface area (Å²) in [5.41, 5.74) is 14.4. The van der Waals surface area contributed by atoms with Crippen LogP contribution in [0.2, 0.25) is 0 Å². The molecule has 2 heterocycles. The number of Topliss-reactive ketones (excluding diaryl/α,β-unsaturated/α-hetero) is 1. The first-order valence-electron chi connectivity index (χ1n) is 9.76. The second-order valence-corrected chi connectivity index (χ2v) is 7.64. The molecule has 10 nitrogen and oxygen atoms in total. The van der Waals surface area contributed by atoms with Crippen molar-refractivity contribution >= 4 is 40.0 Å². The molecule has 32 heavy (non-hydrogen) atoms. The van der Waals surface area contributed by atoms with Crippen LogP contribution in [0.25, 0.3) is 16.5 Å². The Kier molecular flexibility index (Phi) is 5.25. The molecule has 0 unspecified atom stereocenters. The number of aromatic nitrogens is 2. The Morgan fingerprint density at radius 1 is 0.969 bits per heavy atom. The third-order valence-corrected chi connectivity index (χ3v) is 5.54. The summed E-state index contributed by atoms with van der Waals surface area (Å²) in [4.78, 5) is 53.6. The Labute approximate surface area is 180 Å². The predicted octanol–water partition coefficient (Wildman–Crippen LogP) is 0.602. The number of fused-ring (bicyclic) bond motifs is 2. The van der Waals surface area contributed by atoms with Crippen molar-refractivity contribution in [2.75, 3.05) is 0 Å². The number of rotatable bonds is 7. The number of hydrogen-bond donors (Lipinski definition) is 6. The Bertz CT molecular complexity index is 1320. The summed E-state index contributed by atoms with van der Waals surface area (Å²) in [6.07, 6.45) is 2.53. The van der Waals surface area contributed by atoms with E-state index in [1.807, 2.05) is 0 Å². The lowest BCUT2D eigenvalue weighted by atomic mass is 9.86. The average Bonchev–Trinajstić information content (AvgIpc) is 3.33. The van der Waals surface area contributed by atoms with E-state index in [-0.39, 0.29) is 18.5 Å². The molecule has 8 N–H and O–H groups in total. The molecule has 2 atom stereocenters. The molecule has 0 saturated carbocycles. The molecule has 0 aliphatic heterocycles. The normalized spacial score (nSPS) is 15.4. The van der Waals surface area contributed by atoms with E-state index in [0.29, 0.717) is 33.5 Å². The van der Waals surface area contributed by atoms with Gasteiger partial charge in [-0.05, 0) is 23.3 Å². The summed E-state index contributed by atoms with van der Waals surface area (Å²) >= 11 is 0. The van der Waals surface area contributed by atoms with Crippen LogP contribution in [0.15, 0.2) is 36.5 Å². The summed E-state index contributed by atoms with van der Waals surface area (Å²) in [6, 6.07) is 4.77. The number of nitrogens with one attached hydrogen (secondary N) is 2. The number of aliphatic carboxylic acids is 2. The quantitative estimate of drug-likeness (QED) is 0.290. The summed E-state index contributed by atoms with van der Waals surface area (Å²) in [6.45, 7) is 0. The number of nitrogens with two attached hydrogens (primary N) is 2. The van der Waals surface area contributed by atoms with Gasteiger partial charge in [0.2, 0.25) is 11.6 Å². The summed E-state index contributed by atoms with van der Waals surface area (Å²) in [5.74, 6) is -3.89. The van der Waals surface area contributed by atoms with E-state index in [1.54, 1.807) is 24.3 Å². The zero-order valence-corrected chi connectivity index (χ0v) is 16.7. The van der Waals surface area contributed by atoms with Crippen LogP contribution in [0.1, 0.15) is 32.9 Å². The summed E-state index contributed by atoms with van der Waals surface area (Å²) < 4.78 is 0. The SMILES string of the molecule is N[C@@H](Cc1c[nH]c2c1C(c1[nH]c3ccccc3c1C[C@H](N)C(=O)O)=CC(=O)C2=O)C(=O)O. The van der Waals surface area contributed by atoms with Crippen molar-refractivity contribution in [2.24, 2.45) is 11.5 Å².